The summed E-state index contributed by atoms with van der Waals surface area (Å²) in [6.45, 7) is 0. The van der Waals surface area contributed by atoms with E-state index in [4.69, 9.17) is 0 Å². The van der Waals surface area contributed by atoms with E-state index in [0.29, 0.717) is 0 Å². The van der Waals surface area contributed by atoms with Crippen molar-refractivity contribution in [1.29, 1.82) is 0 Å². The van der Waals surface area contributed by atoms with Crippen LogP contribution in [0.5, 0.6) is 0 Å². The third kappa shape index (κ3) is 18.8. The molecule has 0 aromatic rings. The minimum atomic E-state index is 0. The molecular weight excluding hydrogens is 260 g/mol. The van der Waals surface area contributed by atoms with E-state index in [1.165, 1.54) is 0 Å². The molecule has 0 N–H and O–H groups in total. The van der Waals surface area contributed by atoms with Gasteiger partial charge in [-0.2, -0.15) is 0 Å². The van der Waals surface area contributed by atoms with Crippen LogP contribution >= 0.6 is 0 Å². The first kappa shape index (κ1) is 40.3. The van der Waals surface area contributed by atoms with Gasteiger partial charge in [-0.1, -0.05) is 0 Å². The van der Waals surface area contributed by atoms with Crippen LogP contribution in [0.4, 0.5) is 0 Å². The van der Waals surface area contributed by atoms with Crippen LogP contribution in [0.3, 0.4) is 0 Å². The summed E-state index contributed by atoms with van der Waals surface area (Å²) in [5, 5.41) is 0. The molecule has 0 amide bonds. The van der Waals surface area contributed by atoms with E-state index in [1.54, 1.807) is 0 Å². The van der Waals surface area contributed by atoms with Crippen molar-refractivity contribution in [3.05, 3.63) is 0 Å². The summed E-state index contributed by atoms with van der Waals surface area (Å²) in [6.07, 6.45) is 0. The fourth-order valence-corrected chi connectivity index (χ4v) is 0. The van der Waals surface area contributed by atoms with E-state index in [9.17, 15) is 0 Å². The molecular formula is CaMn4+2. The van der Waals surface area contributed by atoms with E-state index >= 15 is 0 Å². The van der Waals surface area contributed by atoms with E-state index in [2.05, 4.69) is 0 Å². The summed E-state index contributed by atoms with van der Waals surface area (Å²) in [7, 11) is 0. The van der Waals surface area contributed by atoms with Gasteiger partial charge < -0.3 is 0 Å². The molecule has 0 aliphatic rings. The van der Waals surface area contributed by atoms with Gasteiger partial charge in [0.2, 0.25) is 0 Å². The van der Waals surface area contributed by atoms with Gasteiger partial charge in [0, 0.05) is 68.3 Å². The van der Waals surface area contributed by atoms with Crippen LogP contribution in [-0.2, 0) is 68.3 Å². The average Bonchev–Trinajstić information content (AvgIpc) is 0. The maximum Gasteiger partial charge on any atom is 2.00 e. The maximum atomic E-state index is 0. The second-order valence-corrected chi connectivity index (χ2v) is 0. The first-order chi connectivity index (χ1) is 0. The molecule has 0 aliphatic heterocycles. The Kier molecular flexibility index (Phi) is 213. The minimum Gasteiger partial charge on any atom is 0 e. The Morgan fingerprint density at radius 2 is 0.400 bits per heavy atom. The van der Waals surface area contributed by atoms with Crippen LogP contribution < -0.4 is 0 Å². The van der Waals surface area contributed by atoms with Crippen molar-refractivity contribution >= 4 is 37.7 Å². The van der Waals surface area contributed by atoms with Crippen LogP contribution in [0.15, 0.2) is 0 Å². The Morgan fingerprint density at radius 1 is 0.400 bits per heavy atom. The normalized spacial score (nSPS) is 0. The van der Waals surface area contributed by atoms with Gasteiger partial charge >= 0.3 is 37.7 Å². The fourth-order valence-electron chi connectivity index (χ4n) is 0. The average molecular weight is 260 g/mol. The molecule has 5 heavy (non-hydrogen) atoms. The summed E-state index contributed by atoms with van der Waals surface area (Å²) in [5.41, 5.74) is 0. The largest absolute Gasteiger partial charge is 2.00 e. The Hall–Kier alpha value is 3.34. The molecule has 0 atom stereocenters. The van der Waals surface area contributed by atoms with Crippen molar-refractivity contribution in [2.75, 3.05) is 0 Å². The molecule has 4 radical (unpaired) electrons. The molecule has 0 rings (SSSR count). The molecule has 0 saturated heterocycles. The van der Waals surface area contributed by atoms with E-state index < -0.39 is 0 Å². The Morgan fingerprint density at radius 3 is 0.400 bits per heavy atom. The smallest absolute Gasteiger partial charge is 0 e. The Labute approximate surface area is 104 Å². The van der Waals surface area contributed by atoms with Gasteiger partial charge in [-0.05, 0) is 0 Å². The van der Waals surface area contributed by atoms with E-state index in [0.717, 1.165) is 0 Å². The van der Waals surface area contributed by atoms with Crippen LogP contribution in [0, 0.1) is 0 Å². The first-order valence-corrected chi connectivity index (χ1v) is 0. The van der Waals surface area contributed by atoms with E-state index in [1.807, 2.05) is 0 Å². The first-order valence-electron chi connectivity index (χ1n) is 0. The Balaban J connectivity index is 0. The second-order valence-electron chi connectivity index (χ2n) is 0. The fraction of sp³-hybridized carbons (Fsp3) is 0. The summed E-state index contributed by atoms with van der Waals surface area (Å²) in [6, 6.07) is 0. The SMILES string of the molecule is [Ca+2].[Mn].[Mn].[Mn].[Mn]. The molecule has 0 aromatic carbocycles. The standard InChI is InChI=1S/Ca.4Mn/q+2;;;;. The zero-order valence-electron chi connectivity index (χ0n) is 2.22. The van der Waals surface area contributed by atoms with Gasteiger partial charge in [0.1, 0.15) is 0 Å². The molecule has 0 spiro atoms. The van der Waals surface area contributed by atoms with Crippen molar-refractivity contribution in [1.82, 2.24) is 0 Å². The second kappa shape index (κ2) is 26.5. The number of hydrogen-bond acceptors (Lipinski definition) is 0. The van der Waals surface area contributed by atoms with Gasteiger partial charge in [-0.15, -0.1) is 0 Å². The quantitative estimate of drug-likeness (QED) is 0.520. The molecule has 0 saturated carbocycles. The molecule has 0 unspecified atom stereocenters. The van der Waals surface area contributed by atoms with Gasteiger partial charge in [0.25, 0.3) is 0 Å². The molecule has 0 heterocycles. The van der Waals surface area contributed by atoms with Crippen molar-refractivity contribution in [3.63, 3.8) is 0 Å². The molecule has 0 nitrogen and oxygen atoms in total. The predicted molar refractivity (Wildman–Crippen MR) is 5.75 cm³/mol. The van der Waals surface area contributed by atoms with Crippen LogP contribution in [0.25, 0.3) is 0 Å². The summed E-state index contributed by atoms with van der Waals surface area (Å²) >= 11 is 0. The monoisotopic (exact) mass is 260 g/mol. The topological polar surface area (TPSA) is 0 Å². The van der Waals surface area contributed by atoms with Crippen LogP contribution in [0.1, 0.15) is 0 Å². The summed E-state index contributed by atoms with van der Waals surface area (Å²) in [5.74, 6) is 0. The van der Waals surface area contributed by atoms with Gasteiger partial charge in [-0.25, -0.2) is 0 Å². The van der Waals surface area contributed by atoms with Crippen molar-refractivity contribution in [2.24, 2.45) is 0 Å². The van der Waals surface area contributed by atoms with Crippen molar-refractivity contribution in [3.8, 4) is 0 Å². The number of rotatable bonds is 0. The van der Waals surface area contributed by atoms with Crippen LogP contribution in [0.2, 0.25) is 0 Å². The molecule has 0 aromatic heterocycles. The zero-order valence-corrected chi connectivity index (χ0v) is 9.15. The molecule has 28 valence electrons. The molecule has 5 heteroatoms. The molecule has 0 aliphatic carbocycles. The summed E-state index contributed by atoms with van der Waals surface area (Å²) < 4.78 is 0. The van der Waals surface area contributed by atoms with E-state index in [-0.39, 0.29) is 106 Å². The van der Waals surface area contributed by atoms with Gasteiger partial charge in [-0.3, -0.25) is 0 Å². The Bertz CT molecular complexity index is 3.61. The predicted octanol–water partition coefficient (Wildman–Crippen LogP) is -0.391. The maximum absolute atomic E-state index is 0. The zero-order chi connectivity index (χ0) is 0. The number of hydrogen-bond donors (Lipinski definition) is 0. The molecule has 0 fully saturated rings. The third-order valence-corrected chi connectivity index (χ3v) is 0. The summed E-state index contributed by atoms with van der Waals surface area (Å²) in [4.78, 5) is 0. The van der Waals surface area contributed by atoms with Crippen molar-refractivity contribution < 1.29 is 68.3 Å². The van der Waals surface area contributed by atoms with Crippen LogP contribution in [-0.4, -0.2) is 37.7 Å². The van der Waals surface area contributed by atoms with Gasteiger partial charge in [0.05, 0.1) is 0 Å². The molecule has 0 bridgehead atoms. The van der Waals surface area contributed by atoms with Gasteiger partial charge in [0.15, 0.2) is 0 Å². The van der Waals surface area contributed by atoms with Crippen molar-refractivity contribution in [2.45, 2.75) is 0 Å². The minimum absolute atomic E-state index is 0. The third-order valence-electron chi connectivity index (χ3n) is 0.